The quantitative estimate of drug-likeness (QED) is 0.538. The van der Waals surface area contributed by atoms with Crippen LogP contribution in [-0.2, 0) is 10.0 Å². The molecular weight excluding hydrogens is 308 g/mol. The Hall–Kier alpha value is -1.35. The van der Waals surface area contributed by atoms with E-state index in [-0.39, 0.29) is 11.7 Å². The maximum atomic E-state index is 11.7. The van der Waals surface area contributed by atoms with Crippen LogP contribution in [0.3, 0.4) is 0 Å². The molecular formula is C18H28N2O2S. The number of benzene rings is 1. The highest BCUT2D eigenvalue weighted by molar-refractivity contribution is 7.89. The molecule has 5 heteroatoms. The Balaban J connectivity index is 2.52. The lowest BCUT2D eigenvalue weighted by atomic mass is 10.0. The molecule has 0 spiro atoms. The van der Waals surface area contributed by atoms with E-state index in [1.165, 1.54) is 0 Å². The van der Waals surface area contributed by atoms with E-state index in [9.17, 15) is 8.42 Å². The van der Waals surface area contributed by atoms with Crippen molar-refractivity contribution in [2.75, 3.05) is 18.8 Å². The van der Waals surface area contributed by atoms with Crippen molar-refractivity contribution in [2.24, 2.45) is 5.73 Å². The molecule has 0 aliphatic carbocycles. The van der Waals surface area contributed by atoms with Gasteiger partial charge in [0, 0.05) is 18.5 Å². The summed E-state index contributed by atoms with van der Waals surface area (Å²) in [7, 11) is -3.14. The summed E-state index contributed by atoms with van der Waals surface area (Å²) in [6.45, 7) is 5.02. The average Bonchev–Trinajstić information content (AvgIpc) is 2.53. The van der Waals surface area contributed by atoms with Crippen molar-refractivity contribution in [2.45, 2.75) is 45.4 Å². The van der Waals surface area contributed by atoms with Crippen LogP contribution in [0.25, 0.3) is 0 Å². The van der Waals surface area contributed by atoms with Crippen molar-refractivity contribution in [1.82, 2.24) is 4.72 Å². The average molecular weight is 337 g/mol. The largest absolute Gasteiger partial charge is 0.330 e. The second-order valence-electron chi connectivity index (χ2n) is 5.74. The van der Waals surface area contributed by atoms with Crippen molar-refractivity contribution in [3.8, 4) is 11.8 Å². The molecule has 0 aliphatic rings. The first-order chi connectivity index (χ1) is 11.0. The third-order valence-electron chi connectivity index (χ3n) is 3.55. The zero-order valence-corrected chi connectivity index (χ0v) is 15.0. The van der Waals surface area contributed by atoms with Gasteiger partial charge in [0.15, 0.2) is 0 Å². The molecule has 23 heavy (non-hydrogen) atoms. The van der Waals surface area contributed by atoms with Crippen LogP contribution in [0.1, 0.15) is 56.6 Å². The fourth-order valence-electron chi connectivity index (χ4n) is 2.13. The topological polar surface area (TPSA) is 72.2 Å². The van der Waals surface area contributed by atoms with Gasteiger partial charge in [0.2, 0.25) is 10.0 Å². The number of hydrogen-bond acceptors (Lipinski definition) is 3. The third kappa shape index (κ3) is 8.17. The number of rotatable bonds is 9. The van der Waals surface area contributed by atoms with E-state index in [0.717, 1.165) is 36.9 Å². The van der Waals surface area contributed by atoms with Crippen LogP contribution in [0, 0.1) is 11.8 Å². The van der Waals surface area contributed by atoms with Gasteiger partial charge in [-0.25, -0.2) is 13.1 Å². The Morgan fingerprint density at radius 2 is 1.91 bits per heavy atom. The summed E-state index contributed by atoms with van der Waals surface area (Å²) < 4.78 is 26.0. The zero-order valence-electron chi connectivity index (χ0n) is 14.1. The molecule has 4 nitrogen and oxygen atoms in total. The van der Waals surface area contributed by atoms with E-state index in [1.54, 1.807) is 0 Å². The summed E-state index contributed by atoms with van der Waals surface area (Å²) in [4.78, 5) is 0. The van der Waals surface area contributed by atoms with Crippen LogP contribution in [-0.4, -0.2) is 27.3 Å². The molecule has 1 rings (SSSR count). The van der Waals surface area contributed by atoms with Crippen LogP contribution in [0.5, 0.6) is 0 Å². The van der Waals surface area contributed by atoms with Crippen molar-refractivity contribution >= 4 is 10.0 Å². The summed E-state index contributed by atoms with van der Waals surface area (Å²) in [5, 5.41) is 0. The molecule has 0 saturated carbocycles. The lowest BCUT2D eigenvalue weighted by Crippen LogP contribution is -2.29. The van der Waals surface area contributed by atoms with Crippen LogP contribution in [0.2, 0.25) is 0 Å². The van der Waals surface area contributed by atoms with E-state index in [1.807, 2.05) is 38.1 Å². The molecule has 0 heterocycles. The molecule has 1 atom stereocenters. The first-order valence-electron chi connectivity index (χ1n) is 8.24. The Morgan fingerprint density at radius 3 is 2.52 bits per heavy atom. The Bertz CT molecular complexity index is 613. The number of hydrogen-bond donors (Lipinski definition) is 2. The Labute approximate surface area is 140 Å². The lowest BCUT2D eigenvalue weighted by molar-refractivity contribution is 0.573. The standard InChI is InChI=1S/C18H28N2O2S/c1-3-14-23(21,22)20-15-16(2)18-11-9-17(10-12-18)8-6-4-5-7-13-19/h9-12,16,20H,3-5,7,13-15,19H2,1-2H3/t16-/m0/s1. The molecule has 0 saturated heterocycles. The first kappa shape index (κ1) is 19.7. The monoisotopic (exact) mass is 336 g/mol. The molecule has 0 aromatic heterocycles. The fraction of sp³-hybridized carbons (Fsp3) is 0.556. The number of nitrogens with two attached hydrogens (primary N) is 1. The van der Waals surface area contributed by atoms with E-state index >= 15 is 0 Å². The summed E-state index contributed by atoms with van der Waals surface area (Å²) >= 11 is 0. The predicted molar refractivity (Wildman–Crippen MR) is 96.7 cm³/mol. The van der Waals surface area contributed by atoms with E-state index in [4.69, 9.17) is 5.73 Å². The summed E-state index contributed by atoms with van der Waals surface area (Å²) in [5.74, 6) is 6.60. The van der Waals surface area contributed by atoms with E-state index in [2.05, 4.69) is 16.6 Å². The minimum Gasteiger partial charge on any atom is -0.330 e. The minimum atomic E-state index is -3.14. The highest BCUT2D eigenvalue weighted by Crippen LogP contribution is 2.15. The van der Waals surface area contributed by atoms with Gasteiger partial charge < -0.3 is 5.73 Å². The van der Waals surface area contributed by atoms with Gasteiger partial charge in [-0.05, 0) is 49.4 Å². The van der Waals surface area contributed by atoms with Crippen molar-refractivity contribution < 1.29 is 8.42 Å². The smallest absolute Gasteiger partial charge is 0.211 e. The fourth-order valence-corrected chi connectivity index (χ4v) is 3.31. The SMILES string of the molecule is CCCS(=O)(=O)NC[C@H](C)c1ccc(C#CCCCCN)cc1. The molecule has 1 aromatic carbocycles. The van der Waals surface area contributed by atoms with Gasteiger partial charge in [0.25, 0.3) is 0 Å². The second kappa shape index (κ2) is 10.4. The van der Waals surface area contributed by atoms with Crippen LogP contribution in [0.4, 0.5) is 0 Å². The number of unbranched alkanes of at least 4 members (excludes halogenated alkanes) is 2. The van der Waals surface area contributed by atoms with Gasteiger partial charge in [0.05, 0.1) is 5.75 Å². The zero-order chi connectivity index (χ0) is 17.1. The maximum absolute atomic E-state index is 11.7. The summed E-state index contributed by atoms with van der Waals surface area (Å²) in [5.41, 5.74) is 7.54. The molecule has 0 unspecified atom stereocenters. The van der Waals surface area contributed by atoms with Gasteiger partial charge in [-0.3, -0.25) is 0 Å². The summed E-state index contributed by atoms with van der Waals surface area (Å²) in [6, 6.07) is 8.01. The molecule has 0 amide bonds. The minimum absolute atomic E-state index is 0.133. The van der Waals surface area contributed by atoms with Crippen LogP contribution in [0.15, 0.2) is 24.3 Å². The van der Waals surface area contributed by atoms with Gasteiger partial charge in [-0.15, -0.1) is 0 Å². The highest BCUT2D eigenvalue weighted by atomic mass is 32.2. The lowest BCUT2D eigenvalue weighted by Gasteiger charge is -2.13. The number of sulfonamides is 1. The number of nitrogens with one attached hydrogen (secondary N) is 1. The molecule has 128 valence electrons. The third-order valence-corrected chi connectivity index (χ3v) is 5.10. The first-order valence-corrected chi connectivity index (χ1v) is 9.90. The van der Waals surface area contributed by atoms with Crippen molar-refractivity contribution in [3.05, 3.63) is 35.4 Å². The van der Waals surface area contributed by atoms with Crippen molar-refractivity contribution in [3.63, 3.8) is 0 Å². The highest BCUT2D eigenvalue weighted by Gasteiger charge is 2.11. The molecule has 0 fully saturated rings. The molecule has 1 aromatic rings. The molecule has 0 radical (unpaired) electrons. The predicted octanol–water partition coefficient (Wildman–Crippen LogP) is 2.60. The van der Waals surface area contributed by atoms with E-state index < -0.39 is 10.0 Å². The van der Waals surface area contributed by atoms with Crippen molar-refractivity contribution in [1.29, 1.82) is 0 Å². The summed E-state index contributed by atoms with van der Waals surface area (Å²) in [6.07, 6.45) is 3.55. The molecule has 0 aliphatic heterocycles. The van der Waals surface area contributed by atoms with Gasteiger partial charge in [0.1, 0.15) is 0 Å². The van der Waals surface area contributed by atoms with Gasteiger partial charge >= 0.3 is 0 Å². The van der Waals surface area contributed by atoms with E-state index in [0.29, 0.717) is 13.0 Å². The van der Waals surface area contributed by atoms with Crippen LogP contribution >= 0.6 is 0 Å². The normalized spacial score (nSPS) is 12.5. The van der Waals surface area contributed by atoms with Gasteiger partial charge in [-0.1, -0.05) is 37.8 Å². The molecule has 0 bridgehead atoms. The maximum Gasteiger partial charge on any atom is 0.211 e. The second-order valence-corrected chi connectivity index (χ2v) is 7.66. The Morgan fingerprint density at radius 1 is 1.22 bits per heavy atom. The Kier molecular flexibility index (Phi) is 8.93. The van der Waals surface area contributed by atoms with Gasteiger partial charge in [-0.2, -0.15) is 0 Å². The molecule has 3 N–H and O–H groups in total. The van der Waals surface area contributed by atoms with Crippen LogP contribution < -0.4 is 10.5 Å².